The number of benzene rings is 1. The van der Waals surface area contributed by atoms with Gasteiger partial charge in [0.15, 0.2) is 0 Å². The summed E-state index contributed by atoms with van der Waals surface area (Å²) in [7, 11) is 0. The van der Waals surface area contributed by atoms with Crippen LogP contribution in [0.25, 0.3) is 0 Å². The van der Waals surface area contributed by atoms with Gasteiger partial charge in [0.25, 0.3) is 5.69 Å². The molecule has 94 valence electrons. The van der Waals surface area contributed by atoms with Crippen molar-refractivity contribution in [3.05, 3.63) is 33.4 Å². The second kappa shape index (κ2) is 5.27. The van der Waals surface area contributed by atoms with Gasteiger partial charge in [-0.3, -0.25) is 14.9 Å². The largest absolute Gasteiger partial charge is 0.319 e. The van der Waals surface area contributed by atoms with E-state index in [-0.39, 0.29) is 11.4 Å². The minimum absolute atomic E-state index is 0.121. The summed E-state index contributed by atoms with van der Waals surface area (Å²) >= 11 is 0. The summed E-state index contributed by atoms with van der Waals surface area (Å²) in [6.45, 7) is 4.98. The lowest BCUT2D eigenvalue weighted by Crippen LogP contribution is -2.19. The molecule has 1 aromatic carbocycles. The van der Waals surface area contributed by atoms with Gasteiger partial charge in [-0.25, -0.2) is 0 Å². The first kappa shape index (κ1) is 13.6. The Labute approximate surface area is 104 Å². The second-order valence-corrected chi connectivity index (χ2v) is 4.05. The summed E-state index contributed by atoms with van der Waals surface area (Å²) < 4.78 is 0. The molecule has 0 heterocycles. The third-order valence-corrected chi connectivity index (χ3v) is 2.65. The van der Waals surface area contributed by atoms with Crippen molar-refractivity contribution in [1.29, 1.82) is 5.26 Å². The molecule has 0 radical (unpaired) electrons. The van der Waals surface area contributed by atoms with Crippen LogP contribution in [0.2, 0.25) is 0 Å². The molecular formula is C12H13N3O3. The van der Waals surface area contributed by atoms with E-state index in [1.165, 1.54) is 19.1 Å². The topological polar surface area (TPSA) is 96.0 Å². The highest BCUT2D eigenvalue weighted by Crippen LogP contribution is 2.28. The number of aryl methyl sites for hydroxylation is 2. The Hall–Kier alpha value is -2.42. The van der Waals surface area contributed by atoms with Crippen LogP contribution in [-0.2, 0) is 4.79 Å². The number of anilines is 1. The molecule has 18 heavy (non-hydrogen) atoms. The van der Waals surface area contributed by atoms with E-state index >= 15 is 0 Å². The molecule has 6 heteroatoms. The number of carbonyl (C=O) groups is 1. The van der Waals surface area contributed by atoms with E-state index in [0.29, 0.717) is 0 Å². The van der Waals surface area contributed by atoms with Gasteiger partial charge in [0, 0.05) is 6.07 Å². The number of nitrogens with zero attached hydrogens (tertiary/aromatic N) is 2. The van der Waals surface area contributed by atoms with Gasteiger partial charge in [0.05, 0.1) is 11.0 Å². The van der Waals surface area contributed by atoms with E-state index in [2.05, 4.69) is 5.32 Å². The van der Waals surface area contributed by atoms with Crippen LogP contribution in [0.4, 0.5) is 11.4 Å². The van der Waals surface area contributed by atoms with Crippen molar-refractivity contribution in [1.82, 2.24) is 0 Å². The van der Waals surface area contributed by atoms with Crippen LogP contribution in [0, 0.1) is 41.2 Å². The van der Waals surface area contributed by atoms with Gasteiger partial charge < -0.3 is 5.32 Å². The van der Waals surface area contributed by atoms with Crippen LogP contribution in [-0.4, -0.2) is 10.8 Å². The summed E-state index contributed by atoms with van der Waals surface area (Å²) in [6, 6.07) is 4.72. The van der Waals surface area contributed by atoms with Gasteiger partial charge >= 0.3 is 0 Å². The van der Waals surface area contributed by atoms with Crippen LogP contribution < -0.4 is 5.32 Å². The van der Waals surface area contributed by atoms with E-state index in [1.807, 2.05) is 0 Å². The third kappa shape index (κ3) is 2.83. The molecule has 0 aromatic heterocycles. The molecule has 1 amide bonds. The van der Waals surface area contributed by atoms with Crippen molar-refractivity contribution in [2.45, 2.75) is 20.8 Å². The standard InChI is InChI=1S/C12H13N3O3/c1-7-4-10(14-12(16)9(3)6-13)11(15(17)18)5-8(7)2/h4-5,9H,1-3H3,(H,14,16). The number of nitrogens with one attached hydrogen (secondary N) is 1. The lowest BCUT2D eigenvalue weighted by Gasteiger charge is -2.09. The van der Waals surface area contributed by atoms with Crippen molar-refractivity contribution >= 4 is 17.3 Å². The highest BCUT2D eigenvalue weighted by Gasteiger charge is 2.20. The maximum atomic E-state index is 11.6. The average molecular weight is 247 g/mol. The Morgan fingerprint density at radius 2 is 2.00 bits per heavy atom. The molecule has 1 aromatic rings. The van der Waals surface area contributed by atoms with Gasteiger partial charge in [-0.2, -0.15) is 5.26 Å². The fourth-order valence-electron chi connectivity index (χ4n) is 1.35. The number of hydrogen-bond donors (Lipinski definition) is 1. The lowest BCUT2D eigenvalue weighted by atomic mass is 10.1. The molecule has 0 aliphatic rings. The van der Waals surface area contributed by atoms with Crippen LogP contribution in [0.15, 0.2) is 12.1 Å². The van der Waals surface area contributed by atoms with Crippen LogP contribution >= 0.6 is 0 Å². The highest BCUT2D eigenvalue weighted by molar-refractivity contribution is 5.96. The van der Waals surface area contributed by atoms with Crippen molar-refractivity contribution in [3.63, 3.8) is 0 Å². The predicted molar refractivity (Wildman–Crippen MR) is 66.0 cm³/mol. The molecule has 0 fully saturated rings. The number of nitro groups is 1. The maximum absolute atomic E-state index is 11.6. The van der Waals surface area contributed by atoms with Gasteiger partial charge in [-0.05, 0) is 38.0 Å². The smallest absolute Gasteiger partial charge is 0.293 e. The van der Waals surface area contributed by atoms with E-state index in [0.717, 1.165) is 11.1 Å². The van der Waals surface area contributed by atoms with Crippen molar-refractivity contribution < 1.29 is 9.72 Å². The fourth-order valence-corrected chi connectivity index (χ4v) is 1.35. The Balaban J connectivity index is 3.16. The maximum Gasteiger partial charge on any atom is 0.293 e. The number of nitriles is 1. The Morgan fingerprint density at radius 3 is 2.50 bits per heavy atom. The lowest BCUT2D eigenvalue weighted by molar-refractivity contribution is -0.384. The molecule has 0 aliphatic carbocycles. The van der Waals surface area contributed by atoms with Crippen LogP contribution in [0.3, 0.4) is 0 Å². The first-order chi connectivity index (χ1) is 8.36. The SMILES string of the molecule is Cc1cc(NC(=O)C(C)C#N)c([N+](=O)[O-])cc1C. The van der Waals surface area contributed by atoms with Crippen LogP contribution in [0.5, 0.6) is 0 Å². The summed E-state index contributed by atoms with van der Waals surface area (Å²) in [5.74, 6) is -1.41. The third-order valence-electron chi connectivity index (χ3n) is 2.65. The Bertz CT molecular complexity index is 546. The monoisotopic (exact) mass is 247 g/mol. The fraction of sp³-hybridized carbons (Fsp3) is 0.333. The van der Waals surface area contributed by atoms with Crippen molar-refractivity contribution in [2.24, 2.45) is 5.92 Å². The van der Waals surface area contributed by atoms with Crippen LogP contribution in [0.1, 0.15) is 18.1 Å². The van der Waals surface area contributed by atoms with E-state index < -0.39 is 16.7 Å². The number of hydrogen-bond acceptors (Lipinski definition) is 4. The van der Waals surface area contributed by atoms with E-state index in [1.54, 1.807) is 19.9 Å². The Kier molecular flexibility index (Phi) is 4.00. The average Bonchev–Trinajstić information content (AvgIpc) is 2.31. The zero-order chi connectivity index (χ0) is 13.9. The summed E-state index contributed by atoms with van der Waals surface area (Å²) in [5, 5.41) is 21.9. The summed E-state index contributed by atoms with van der Waals surface area (Å²) in [5.41, 5.74) is 1.56. The first-order valence-electron chi connectivity index (χ1n) is 5.33. The molecule has 0 saturated carbocycles. The zero-order valence-electron chi connectivity index (χ0n) is 10.4. The van der Waals surface area contributed by atoms with Gasteiger partial charge in [0.1, 0.15) is 11.6 Å². The number of carbonyl (C=O) groups excluding carboxylic acids is 1. The molecule has 1 atom stereocenters. The number of rotatable bonds is 3. The normalized spacial score (nSPS) is 11.4. The minimum Gasteiger partial charge on any atom is -0.319 e. The molecule has 0 aliphatic heterocycles. The molecule has 0 saturated heterocycles. The molecular weight excluding hydrogens is 234 g/mol. The number of nitro benzene ring substituents is 1. The Morgan fingerprint density at radius 1 is 1.44 bits per heavy atom. The minimum atomic E-state index is -0.855. The number of amides is 1. The highest BCUT2D eigenvalue weighted by atomic mass is 16.6. The molecule has 1 N–H and O–H groups in total. The van der Waals surface area contributed by atoms with Crippen molar-refractivity contribution in [3.8, 4) is 6.07 Å². The predicted octanol–water partition coefficient (Wildman–Crippen LogP) is 2.31. The molecule has 6 nitrogen and oxygen atoms in total. The molecule has 0 bridgehead atoms. The second-order valence-electron chi connectivity index (χ2n) is 4.05. The van der Waals surface area contributed by atoms with E-state index in [4.69, 9.17) is 5.26 Å². The van der Waals surface area contributed by atoms with Crippen molar-refractivity contribution in [2.75, 3.05) is 5.32 Å². The molecule has 1 rings (SSSR count). The quantitative estimate of drug-likeness (QED) is 0.654. The summed E-state index contributed by atoms with van der Waals surface area (Å²) in [6.07, 6.45) is 0. The van der Waals surface area contributed by atoms with Gasteiger partial charge in [-0.15, -0.1) is 0 Å². The summed E-state index contributed by atoms with van der Waals surface area (Å²) in [4.78, 5) is 21.9. The van der Waals surface area contributed by atoms with Gasteiger partial charge in [-0.1, -0.05) is 0 Å². The first-order valence-corrected chi connectivity index (χ1v) is 5.33. The molecule has 0 spiro atoms. The zero-order valence-corrected chi connectivity index (χ0v) is 10.4. The van der Waals surface area contributed by atoms with Gasteiger partial charge in [0.2, 0.25) is 5.91 Å². The van der Waals surface area contributed by atoms with E-state index in [9.17, 15) is 14.9 Å². The molecule has 1 unspecified atom stereocenters.